The molecule has 1 aliphatic heterocycles. The van der Waals surface area contributed by atoms with Gasteiger partial charge in [-0.15, -0.1) is 0 Å². The molecule has 0 aliphatic carbocycles. The molecule has 2 aromatic rings. The summed E-state index contributed by atoms with van der Waals surface area (Å²) in [5.74, 6) is -0.392. The number of ether oxygens (including phenoxy) is 2. The Morgan fingerprint density at radius 2 is 1.73 bits per heavy atom. The highest BCUT2D eigenvalue weighted by molar-refractivity contribution is 14.1. The van der Waals surface area contributed by atoms with Crippen LogP contribution in [0.1, 0.15) is 19.4 Å². The zero-order valence-electron chi connectivity index (χ0n) is 16.2. The van der Waals surface area contributed by atoms with Gasteiger partial charge in [0.2, 0.25) is 0 Å². The fraction of sp³-hybridized carbons (Fsp3) is 0.190. The number of carbonyl (C=O) groups excluding carboxylic acids is 3. The van der Waals surface area contributed by atoms with Crippen LogP contribution in [0.5, 0.6) is 11.5 Å². The maximum atomic E-state index is 13.0. The van der Waals surface area contributed by atoms with E-state index in [1.165, 1.54) is 18.2 Å². The van der Waals surface area contributed by atoms with E-state index in [0.29, 0.717) is 41.0 Å². The van der Waals surface area contributed by atoms with E-state index >= 15 is 0 Å². The largest absolute Gasteiger partial charge is 0.490 e. The Balaban J connectivity index is 2.03. The summed E-state index contributed by atoms with van der Waals surface area (Å²) in [6.45, 7) is 4.61. The number of barbiturate groups is 1. The number of benzene rings is 2. The highest BCUT2D eigenvalue weighted by Crippen LogP contribution is 2.35. The summed E-state index contributed by atoms with van der Waals surface area (Å²) in [5.41, 5.74) is 0.693. The smallest absolute Gasteiger partial charge is 0.335 e. The zero-order valence-corrected chi connectivity index (χ0v) is 19.1. The van der Waals surface area contributed by atoms with Crippen molar-refractivity contribution in [1.29, 1.82) is 0 Å². The minimum Gasteiger partial charge on any atom is -0.490 e. The van der Waals surface area contributed by atoms with Crippen LogP contribution in [0.3, 0.4) is 0 Å². The molecule has 9 heteroatoms. The summed E-state index contributed by atoms with van der Waals surface area (Å²) < 4.78 is 12.1. The number of carbonyl (C=O) groups is 3. The molecule has 3 rings (SSSR count). The van der Waals surface area contributed by atoms with Crippen LogP contribution in [-0.2, 0) is 9.59 Å². The Kier molecular flexibility index (Phi) is 6.99. The molecule has 0 aromatic heterocycles. The first-order valence-electron chi connectivity index (χ1n) is 9.11. The van der Waals surface area contributed by atoms with Gasteiger partial charge >= 0.3 is 6.03 Å². The second-order valence-electron chi connectivity index (χ2n) is 6.13. The lowest BCUT2D eigenvalue weighted by molar-refractivity contribution is -0.122. The summed E-state index contributed by atoms with van der Waals surface area (Å²) >= 11 is 7.98. The molecule has 1 N–H and O–H groups in total. The van der Waals surface area contributed by atoms with Crippen LogP contribution < -0.4 is 19.7 Å². The highest BCUT2D eigenvalue weighted by atomic mass is 127. The summed E-state index contributed by atoms with van der Waals surface area (Å²) in [5, 5.41) is 2.66. The lowest BCUT2D eigenvalue weighted by atomic mass is 10.1. The minimum absolute atomic E-state index is 0.174. The average molecular weight is 541 g/mol. The van der Waals surface area contributed by atoms with Crippen LogP contribution in [0.15, 0.2) is 42.0 Å². The third-order valence-electron chi connectivity index (χ3n) is 4.12. The topological polar surface area (TPSA) is 84.9 Å². The van der Waals surface area contributed by atoms with E-state index in [2.05, 4.69) is 27.9 Å². The number of rotatable bonds is 6. The van der Waals surface area contributed by atoms with Crippen molar-refractivity contribution >= 4 is 63.8 Å². The summed E-state index contributed by atoms with van der Waals surface area (Å²) in [7, 11) is 0. The van der Waals surface area contributed by atoms with Gasteiger partial charge in [-0.2, -0.15) is 0 Å². The van der Waals surface area contributed by atoms with Crippen LogP contribution in [0.25, 0.3) is 6.08 Å². The predicted molar refractivity (Wildman–Crippen MR) is 122 cm³/mol. The zero-order chi connectivity index (χ0) is 21.8. The van der Waals surface area contributed by atoms with Crippen LogP contribution in [-0.4, -0.2) is 31.1 Å². The number of nitrogens with zero attached hydrogens (tertiary/aromatic N) is 1. The molecule has 0 atom stereocenters. The molecule has 0 saturated carbocycles. The average Bonchev–Trinajstić information content (AvgIpc) is 2.69. The number of nitrogens with one attached hydrogen (secondary N) is 1. The molecule has 4 amide bonds. The van der Waals surface area contributed by atoms with Crippen molar-refractivity contribution in [3.05, 3.63) is 56.1 Å². The van der Waals surface area contributed by atoms with Crippen LogP contribution in [0.4, 0.5) is 10.5 Å². The van der Waals surface area contributed by atoms with Gasteiger partial charge in [0.15, 0.2) is 11.5 Å². The Hall–Kier alpha value is -2.59. The summed E-state index contributed by atoms with van der Waals surface area (Å²) in [4.78, 5) is 38.6. The Morgan fingerprint density at radius 3 is 2.37 bits per heavy atom. The van der Waals surface area contributed by atoms with Crippen LogP contribution in [0, 0.1) is 3.57 Å². The lowest BCUT2D eigenvalue weighted by Gasteiger charge is -2.26. The molecule has 0 unspecified atom stereocenters. The molecule has 1 aliphatic rings. The summed E-state index contributed by atoms with van der Waals surface area (Å²) in [6.07, 6.45) is 1.42. The first-order valence-corrected chi connectivity index (χ1v) is 10.6. The van der Waals surface area contributed by atoms with Gasteiger partial charge in [0.25, 0.3) is 11.8 Å². The van der Waals surface area contributed by atoms with E-state index in [4.69, 9.17) is 21.1 Å². The molecule has 0 bridgehead atoms. The van der Waals surface area contributed by atoms with Gasteiger partial charge < -0.3 is 9.47 Å². The van der Waals surface area contributed by atoms with E-state index in [1.807, 2.05) is 13.8 Å². The third-order valence-corrected chi connectivity index (χ3v) is 5.17. The first-order chi connectivity index (χ1) is 14.3. The van der Waals surface area contributed by atoms with Gasteiger partial charge in [-0.1, -0.05) is 11.6 Å². The van der Waals surface area contributed by atoms with E-state index in [0.717, 1.165) is 8.47 Å². The number of hydrogen-bond acceptors (Lipinski definition) is 5. The van der Waals surface area contributed by atoms with Gasteiger partial charge in [-0.05, 0) is 84.5 Å². The maximum absolute atomic E-state index is 13.0. The van der Waals surface area contributed by atoms with Crippen LogP contribution in [0.2, 0.25) is 5.02 Å². The first kappa shape index (κ1) is 22.1. The normalized spacial score (nSPS) is 15.4. The Morgan fingerprint density at radius 1 is 1.07 bits per heavy atom. The third kappa shape index (κ3) is 4.59. The number of imide groups is 2. The SMILES string of the molecule is CCOc1cc(/C=C2\C(=O)NC(=O)N(c3ccc(Cl)cc3)C2=O)cc(I)c1OCC. The Labute approximate surface area is 192 Å². The second-order valence-corrected chi connectivity index (χ2v) is 7.73. The molecule has 2 aromatic carbocycles. The van der Waals surface area contributed by atoms with Gasteiger partial charge in [0, 0.05) is 5.02 Å². The molecule has 156 valence electrons. The van der Waals surface area contributed by atoms with Gasteiger partial charge in [-0.25, -0.2) is 9.69 Å². The molecule has 30 heavy (non-hydrogen) atoms. The Bertz CT molecular complexity index is 1040. The summed E-state index contributed by atoms with van der Waals surface area (Å²) in [6, 6.07) is 8.81. The fourth-order valence-electron chi connectivity index (χ4n) is 2.87. The molecule has 0 spiro atoms. The van der Waals surface area contributed by atoms with Crippen molar-refractivity contribution in [1.82, 2.24) is 5.32 Å². The van der Waals surface area contributed by atoms with Crippen LogP contribution >= 0.6 is 34.2 Å². The van der Waals surface area contributed by atoms with Crippen molar-refractivity contribution < 1.29 is 23.9 Å². The predicted octanol–water partition coefficient (Wildman–Crippen LogP) is 4.41. The molecule has 1 fully saturated rings. The number of anilines is 1. The van der Waals surface area contributed by atoms with Crippen molar-refractivity contribution in [3.63, 3.8) is 0 Å². The molecule has 1 saturated heterocycles. The van der Waals surface area contributed by atoms with Gasteiger partial charge in [0.1, 0.15) is 5.57 Å². The molecule has 1 heterocycles. The standard InChI is InChI=1S/C21H18ClIN2O5/c1-3-29-17-11-12(10-16(23)18(17)30-4-2)9-15-19(26)24-21(28)25(20(15)27)14-7-5-13(22)6-8-14/h5-11H,3-4H2,1-2H3,(H,24,26,28)/b15-9+. The van der Waals surface area contributed by atoms with E-state index in [9.17, 15) is 14.4 Å². The van der Waals surface area contributed by atoms with Gasteiger partial charge in [0.05, 0.1) is 22.5 Å². The number of halogens is 2. The molecular weight excluding hydrogens is 523 g/mol. The number of hydrogen-bond donors (Lipinski definition) is 1. The van der Waals surface area contributed by atoms with Gasteiger partial charge in [-0.3, -0.25) is 14.9 Å². The van der Waals surface area contributed by atoms with E-state index in [1.54, 1.807) is 24.3 Å². The fourth-order valence-corrected chi connectivity index (χ4v) is 3.77. The van der Waals surface area contributed by atoms with Crippen molar-refractivity contribution in [3.8, 4) is 11.5 Å². The monoisotopic (exact) mass is 540 g/mol. The van der Waals surface area contributed by atoms with E-state index < -0.39 is 17.8 Å². The number of urea groups is 1. The van der Waals surface area contributed by atoms with E-state index in [-0.39, 0.29) is 5.57 Å². The second kappa shape index (κ2) is 9.48. The molecular formula is C21H18ClIN2O5. The van der Waals surface area contributed by atoms with Crippen molar-refractivity contribution in [2.45, 2.75) is 13.8 Å². The maximum Gasteiger partial charge on any atom is 0.335 e. The minimum atomic E-state index is -0.819. The molecule has 7 nitrogen and oxygen atoms in total. The van der Waals surface area contributed by atoms with Crippen molar-refractivity contribution in [2.24, 2.45) is 0 Å². The van der Waals surface area contributed by atoms with Crippen molar-refractivity contribution in [2.75, 3.05) is 18.1 Å². The highest BCUT2D eigenvalue weighted by Gasteiger charge is 2.36. The quantitative estimate of drug-likeness (QED) is 0.333. The number of amides is 4. The lowest BCUT2D eigenvalue weighted by Crippen LogP contribution is -2.54. The molecule has 0 radical (unpaired) electrons.